The normalized spacial score (nSPS) is 11.6. The number of amides is 1. The van der Waals surface area contributed by atoms with Crippen molar-refractivity contribution in [3.63, 3.8) is 0 Å². The van der Waals surface area contributed by atoms with Crippen molar-refractivity contribution in [2.24, 2.45) is 5.92 Å². The molecule has 0 radical (unpaired) electrons. The summed E-state index contributed by atoms with van der Waals surface area (Å²) in [6.07, 6.45) is 0.375. The minimum absolute atomic E-state index is 0.0345. The zero-order chi connectivity index (χ0) is 12.0. The van der Waals surface area contributed by atoms with Crippen LogP contribution in [-0.2, 0) is 11.2 Å². The second-order valence-corrected chi connectivity index (χ2v) is 4.00. The number of hydrogen-bond donors (Lipinski definition) is 1. The molecule has 0 aliphatic heterocycles. The third-order valence-corrected chi connectivity index (χ3v) is 2.27. The van der Waals surface area contributed by atoms with Gasteiger partial charge in [-0.15, -0.1) is 0 Å². The van der Waals surface area contributed by atoms with Crippen molar-refractivity contribution >= 4 is 5.91 Å². The van der Waals surface area contributed by atoms with Gasteiger partial charge in [0.15, 0.2) is 0 Å². The quantitative estimate of drug-likeness (QED) is 0.834. The predicted octanol–water partition coefficient (Wildman–Crippen LogP) is 1.81. The average Bonchev–Trinajstić information content (AvgIpc) is 2.26. The summed E-state index contributed by atoms with van der Waals surface area (Å²) in [6.45, 7) is 4.20. The van der Waals surface area contributed by atoms with Gasteiger partial charge < -0.3 is 5.32 Å². The van der Waals surface area contributed by atoms with Gasteiger partial charge in [0.1, 0.15) is 0 Å². The maximum Gasteiger partial charge on any atom is 0.224 e. The van der Waals surface area contributed by atoms with Gasteiger partial charge in [-0.05, 0) is 19.4 Å². The molecule has 1 unspecified atom stereocenters. The number of hydrogen-bond acceptors (Lipinski definition) is 2. The van der Waals surface area contributed by atoms with Crippen LogP contribution >= 0.6 is 0 Å². The van der Waals surface area contributed by atoms with E-state index in [0.29, 0.717) is 13.0 Å². The topological polar surface area (TPSA) is 52.9 Å². The molecule has 1 rings (SSSR count). The van der Waals surface area contributed by atoms with Crippen LogP contribution in [-0.4, -0.2) is 12.5 Å². The first-order valence-electron chi connectivity index (χ1n) is 5.33. The molecule has 0 fully saturated rings. The minimum atomic E-state index is -0.138. The second kappa shape index (κ2) is 5.92. The Morgan fingerprint density at radius 3 is 2.94 bits per heavy atom. The zero-order valence-corrected chi connectivity index (χ0v) is 9.66. The largest absolute Gasteiger partial charge is 0.355 e. The lowest BCUT2D eigenvalue weighted by molar-refractivity contribution is -0.120. The molecule has 0 bridgehead atoms. The summed E-state index contributed by atoms with van der Waals surface area (Å²) in [5.41, 5.74) is 2.15. The van der Waals surface area contributed by atoms with E-state index >= 15 is 0 Å². The molecular weight excluding hydrogens is 200 g/mol. The molecule has 0 spiro atoms. The highest BCUT2D eigenvalue weighted by molar-refractivity contribution is 5.78. The lowest BCUT2D eigenvalue weighted by Crippen LogP contribution is -2.29. The van der Waals surface area contributed by atoms with Crippen molar-refractivity contribution in [3.05, 3.63) is 35.4 Å². The Balaban J connectivity index is 2.43. The van der Waals surface area contributed by atoms with Gasteiger partial charge in [-0.25, -0.2) is 0 Å². The highest BCUT2D eigenvalue weighted by Crippen LogP contribution is 2.04. The minimum Gasteiger partial charge on any atom is -0.355 e. The molecule has 0 saturated carbocycles. The van der Waals surface area contributed by atoms with Crippen molar-refractivity contribution in [1.82, 2.24) is 5.32 Å². The van der Waals surface area contributed by atoms with E-state index in [1.165, 1.54) is 0 Å². The molecule has 1 aromatic carbocycles. The lowest BCUT2D eigenvalue weighted by Gasteiger charge is -2.06. The van der Waals surface area contributed by atoms with Gasteiger partial charge >= 0.3 is 0 Å². The molecule has 84 valence electrons. The maximum absolute atomic E-state index is 11.5. The smallest absolute Gasteiger partial charge is 0.224 e. The van der Waals surface area contributed by atoms with E-state index in [-0.39, 0.29) is 11.8 Å². The van der Waals surface area contributed by atoms with Gasteiger partial charge in [-0.1, -0.05) is 29.8 Å². The van der Waals surface area contributed by atoms with Gasteiger partial charge in [0.25, 0.3) is 0 Å². The van der Waals surface area contributed by atoms with Crippen LogP contribution in [0.25, 0.3) is 0 Å². The van der Waals surface area contributed by atoms with Gasteiger partial charge in [0.2, 0.25) is 5.91 Å². The molecule has 16 heavy (non-hydrogen) atoms. The summed E-state index contributed by atoms with van der Waals surface area (Å²) in [6, 6.07) is 9.94. The number of nitrogens with zero attached hydrogens (tertiary/aromatic N) is 1. The van der Waals surface area contributed by atoms with E-state index in [2.05, 4.69) is 11.4 Å². The van der Waals surface area contributed by atoms with Gasteiger partial charge in [-0.3, -0.25) is 4.79 Å². The van der Waals surface area contributed by atoms with E-state index in [0.717, 1.165) is 11.1 Å². The summed E-state index contributed by atoms with van der Waals surface area (Å²) in [4.78, 5) is 11.5. The van der Waals surface area contributed by atoms with E-state index in [1.807, 2.05) is 31.2 Å². The van der Waals surface area contributed by atoms with Crippen molar-refractivity contribution in [2.45, 2.75) is 20.3 Å². The molecule has 3 nitrogen and oxygen atoms in total. The van der Waals surface area contributed by atoms with Gasteiger partial charge in [-0.2, -0.15) is 5.26 Å². The van der Waals surface area contributed by atoms with Crippen molar-refractivity contribution in [2.75, 3.05) is 6.54 Å². The standard InChI is InChI=1S/C13H16N2O/c1-10-4-3-5-12(6-10)7-13(16)15-9-11(2)8-14/h3-6,11H,7,9H2,1-2H3,(H,15,16). The van der Waals surface area contributed by atoms with Crippen molar-refractivity contribution in [3.8, 4) is 6.07 Å². The second-order valence-electron chi connectivity index (χ2n) is 4.00. The van der Waals surface area contributed by atoms with Gasteiger partial charge in [0.05, 0.1) is 18.4 Å². The first-order chi connectivity index (χ1) is 7.61. The molecule has 0 aliphatic rings. The van der Waals surface area contributed by atoms with Gasteiger partial charge in [0, 0.05) is 6.54 Å². The number of nitriles is 1. The molecule has 0 saturated heterocycles. The third kappa shape index (κ3) is 4.14. The fraction of sp³-hybridized carbons (Fsp3) is 0.385. The van der Waals surface area contributed by atoms with Crippen LogP contribution in [0.4, 0.5) is 0 Å². The Morgan fingerprint density at radius 1 is 1.56 bits per heavy atom. The molecule has 1 atom stereocenters. The van der Waals surface area contributed by atoms with Crippen molar-refractivity contribution < 1.29 is 4.79 Å². The van der Waals surface area contributed by atoms with E-state index in [1.54, 1.807) is 6.92 Å². The summed E-state index contributed by atoms with van der Waals surface area (Å²) in [5.74, 6) is -0.172. The summed E-state index contributed by atoms with van der Waals surface area (Å²) < 4.78 is 0. The Bertz CT molecular complexity index is 407. The fourth-order valence-electron chi connectivity index (χ4n) is 1.38. The van der Waals surface area contributed by atoms with Crippen LogP contribution in [0.3, 0.4) is 0 Å². The number of carbonyl (C=O) groups excluding carboxylic acids is 1. The molecule has 1 amide bonds. The van der Waals surface area contributed by atoms with Crippen LogP contribution < -0.4 is 5.32 Å². The van der Waals surface area contributed by atoms with E-state index in [9.17, 15) is 4.79 Å². The predicted molar refractivity (Wildman–Crippen MR) is 62.7 cm³/mol. The number of rotatable bonds is 4. The molecule has 0 heterocycles. The third-order valence-electron chi connectivity index (χ3n) is 2.27. The lowest BCUT2D eigenvalue weighted by atomic mass is 10.1. The van der Waals surface area contributed by atoms with Crippen LogP contribution in [0.2, 0.25) is 0 Å². The van der Waals surface area contributed by atoms with Crippen LogP contribution in [0.1, 0.15) is 18.1 Å². The van der Waals surface area contributed by atoms with E-state index < -0.39 is 0 Å². The SMILES string of the molecule is Cc1cccc(CC(=O)NCC(C)C#N)c1. The molecule has 0 aromatic heterocycles. The Kier molecular flexibility index (Phi) is 4.53. The average molecular weight is 216 g/mol. The molecular formula is C13H16N2O. The summed E-state index contributed by atoms with van der Waals surface area (Å²) >= 11 is 0. The molecule has 1 N–H and O–H groups in total. The monoisotopic (exact) mass is 216 g/mol. The number of carbonyl (C=O) groups is 1. The zero-order valence-electron chi connectivity index (χ0n) is 9.66. The first-order valence-corrected chi connectivity index (χ1v) is 5.33. The molecule has 0 aliphatic carbocycles. The van der Waals surface area contributed by atoms with Crippen LogP contribution in [0, 0.1) is 24.2 Å². The Labute approximate surface area is 96.1 Å². The van der Waals surface area contributed by atoms with Crippen LogP contribution in [0.5, 0.6) is 0 Å². The van der Waals surface area contributed by atoms with Crippen molar-refractivity contribution in [1.29, 1.82) is 5.26 Å². The summed E-state index contributed by atoms with van der Waals surface area (Å²) in [7, 11) is 0. The Morgan fingerprint density at radius 2 is 2.31 bits per heavy atom. The fourth-order valence-corrected chi connectivity index (χ4v) is 1.38. The number of aryl methyl sites for hydroxylation is 1. The Hall–Kier alpha value is -1.82. The molecule has 3 heteroatoms. The highest BCUT2D eigenvalue weighted by atomic mass is 16.1. The number of nitrogens with one attached hydrogen (secondary N) is 1. The maximum atomic E-state index is 11.5. The summed E-state index contributed by atoms with van der Waals surface area (Å²) in [5, 5.41) is 11.3. The highest BCUT2D eigenvalue weighted by Gasteiger charge is 2.05. The number of benzene rings is 1. The molecule has 1 aromatic rings. The first kappa shape index (κ1) is 12.3. The van der Waals surface area contributed by atoms with Crippen LogP contribution in [0.15, 0.2) is 24.3 Å². The van der Waals surface area contributed by atoms with E-state index in [4.69, 9.17) is 5.26 Å².